The summed E-state index contributed by atoms with van der Waals surface area (Å²) in [7, 11) is 0. The van der Waals surface area contributed by atoms with Gasteiger partial charge < -0.3 is 10.4 Å². The number of nitrogens with one attached hydrogen (secondary N) is 1. The molecule has 20 heavy (non-hydrogen) atoms. The van der Waals surface area contributed by atoms with Crippen molar-refractivity contribution < 1.29 is 14.8 Å². The highest BCUT2D eigenvalue weighted by molar-refractivity contribution is 5.78. The van der Waals surface area contributed by atoms with E-state index in [1.807, 2.05) is 6.92 Å². The van der Waals surface area contributed by atoms with E-state index >= 15 is 0 Å². The van der Waals surface area contributed by atoms with Gasteiger partial charge in [-0.1, -0.05) is 6.92 Å². The summed E-state index contributed by atoms with van der Waals surface area (Å²) in [5.41, 5.74) is 0.0116. The summed E-state index contributed by atoms with van der Waals surface area (Å²) in [5.74, 6) is 1.15. The summed E-state index contributed by atoms with van der Waals surface area (Å²) < 4.78 is 1.40. The Bertz CT molecular complexity index is 559. The van der Waals surface area contributed by atoms with Crippen LogP contribution in [-0.2, 0) is 11.3 Å². The molecule has 0 aliphatic carbocycles. The first-order chi connectivity index (χ1) is 9.42. The number of carbonyl (C=O) groups is 1. The third-order valence-corrected chi connectivity index (χ3v) is 2.64. The first kappa shape index (κ1) is 15.5. The molecule has 8 nitrogen and oxygen atoms in total. The van der Waals surface area contributed by atoms with Gasteiger partial charge in [-0.2, -0.15) is 5.10 Å². The van der Waals surface area contributed by atoms with E-state index in [9.17, 15) is 14.9 Å². The Morgan fingerprint density at radius 2 is 2.35 bits per heavy atom. The zero-order chi connectivity index (χ0) is 15.3. The molecular weight excluding hydrogens is 264 g/mol. The maximum Gasteiger partial charge on any atom is 0.333 e. The molecular formula is C12H16N4O4. The predicted octanol–water partition coefficient (Wildman–Crippen LogP) is 1.40. The van der Waals surface area contributed by atoms with Crippen LogP contribution in [0.15, 0.2) is 0 Å². The topological polar surface area (TPSA) is 110 Å². The number of aromatic nitrogens is 2. The molecule has 1 unspecified atom stereocenters. The fourth-order valence-corrected chi connectivity index (χ4v) is 1.79. The summed E-state index contributed by atoms with van der Waals surface area (Å²) >= 11 is 0. The second kappa shape index (κ2) is 6.56. The number of nitrogens with zero attached hydrogens (tertiary/aromatic N) is 3. The van der Waals surface area contributed by atoms with Crippen LogP contribution in [0.3, 0.4) is 0 Å². The molecule has 1 aromatic heterocycles. The average Bonchev–Trinajstić information content (AvgIpc) is 2.65. The largest absolute Gasteiger partial charge is 0.480 e. The number of hydrogen-bond donors (Lipinski definition) is 2. The lowest BCUT2D eigenvalue weighted by Crippen LogP contribution is -2.30. The maximum absolute atomic E-state index is 11.1. The third kappa shape index (κ3) is 3.26. The molecule has 2 N–H and O–H groups in total. The summed E-state index contributed by atoms with van der Waals surface area (Å²) in [4.78, 5) is 21.6. The number of rotatable bonds is 7. The molecule has 0 radical (unpaired) electrons. The Hall–Kier alpha value is -2.56. The molecule has 108 valence electrons. The highest BCUT2D eigenvalue weighted by Crippen LogP contribution is 2.29. The molecule has 0 aromatic carbocycles. The predicted molar refractivity (Wildman–Crippen MR) is 72.4 cm³/mol. The monoisotopic (exact) mass is 280 g/mol. The Morgan fingerprint density at radius 1 is 1.70 bits per heavy atom. The van der Waals surface area contributed by atoms with Crippen molar-refractivity contribution in [1.29, 1.82) is 0 Å². The van der Waals surface area contributed by atoms with Crippen molar-refractivity contribution in [2.45, 2.75) is 39.3 Å². The van der Waals surface area contributed by atoms with Crippen molar-refractivity contribution in [3.63, 3.8) is 0 Å². The number of terminal acetylenes is 1. The normalized spacial score (nSPS) is 11.7. The first-order valence-electron chi connectivity index (χ1n) is 6.06. The lowest BCUT2D eigenvalue weighted by Gasteiger charge is -2.13. The number of aliphatic carboxylic acids is 1. The molecule has 0 saturated carbocycles. The Balaban J connectivity index is 3.22. The van der Waals surface area contributed by atoms with Crippen molar-refractivity contribution in [2.75, 3.05) is 5.32 Å². The molecule has 8 heteroatoms. The summed E-state index contributed by atoms with van der Waals surface area (Å²) in [6.45, 7) is 3.84. The summed E-state index contributed by atoms with van der Waals surface area (Å²) in [5, 5.41) is 26.8. The van der Waals surface area contributed by atoms with E-state index in [1.54, 1.807) is 0 Å². The Labute approximate surface area is 115 Å². The molecule has 1 heterocycles. The molecule has 0 fully saturated rings. The zero-order valence-corrected chi connectivity index (χ0v) is 11.3. The minimum Gasteiger partial charge on any atom is -0.480 e. The second-order valence-electron chi connectivity index (χ2n) is 4.21. The minimum absolute atomic E-state index is 0.0805. The maximum atomic E-state index is 11.1. The van der Waals surface area contributed by atoms with E-state index < -0.39 is 16.9 Å². The van der Waals surface area contributed by atoms with Gasteiger partial charge in [0, 0.05) is 13.0 Å². The van der Waals surface area contributed by atoms with Crippen LogP contribution in [0.5, 0.6) is 0 Å². The highest BCUT2D eigenvalue weighted by Gasteiger charge is 2.28. The van der Waals surface area contributed by atoms with Crippen LogP contribution in [0.2, 0.25) is 0 Å². The van der Waals surface area contributed by atoms with Gasteiger partial charge in [0.25, 0.3) is 0 Å². The molecule has 0 bridgehead atoms. The van der Waals surface area contributed by atoms with Gasteiger partial charge in [0.05, 0.1) is 4.92 Å². The van der Waals surface area contributed by atoms with Gasteiger partial charge in [-0.15, -0.1) is 12.3 Å². The second-order valence-corrected chi connectivity index (χ2v) is 4.21. The zero-order valence-electron chi connectivity index (χ0n) is 11.3. The SMILES string of the molecule is C#CCC(Nc1c([N+](=O)[O-])c(C)nn1CCC)C(=O)O. The summed E-state index contributed by atoms with van der Waals surface area (Å²) in [6, 6.07) is -1.09. The Kier molecular flexibility index (Phi) is 5.08. The van der Waals surface area contributed by atoms with Gasteiger partial charge >= 0.3 is 11.7 Å². The standard InChI is InChI=1S/C12H16N4O4/c1-4-6-9(12(17)18)13-11-10(16(19)20)8(3)14-15(11)7-5-2/h1,9,13H,5-7H2,2-3H3,(H,17,18). The van der Waals surface area contributed by atoms with Gasteiger partial charge in [0.1, 0.15) is 11.7 Å². The van der Waals surface area contributed by atoms with Crippen LogP contribution in [0.4, 0.5) is 11.5 Å². The van der Waals surface area contributed by atoms with Crippen molar-refractivity contribution in [3.05, 3.63) is 15.8 Å². The van der Waals surface area contributed by atoms with Gasteiger partial charge in [0.15, 0.2) is 0 Å². The van der Waals surface area contributed by atoms with Crippen LogP contribution in [0.25, 0.3) is 0 Å². The first-order valence-corrected chi connectivity index (χ1v) is 6.06. The quantitative estimate of drug-likeness (QED) is 0.443. The van der Waals surface area contributed by atoms with E-state index in [1.165, 1.54) is 11.6 Å². The average molecular weight is 280 g/mol. The lowest BCUT2D eigenvalue weighted by molar-refractivity contribution is -0.384. The number of nitro groups is 1. The fourth-order valence-electron chi connectivity index (χ4n) is 1.79. The van der Waals surface area contributed by atoms with Gasteiger partial charge in [-0.25, -0.2) is 9.48 Å². The highest BCUT2D eigenvalue weighted by atomic mass is 16.6. The van der Waals surface area contributed by atoms with E-state index in [2.05, 4.69) is 16.3 Å². The van der Waals surface area contributed by atoms with Crippen LogP contribution >= 0.6 is 0 Å². The minimum atomic E-state index is -1.17. The van der Waals surface area contributed by atoms with Crippen molar-refractivity contribution >= 4 is 17.5 Å². The third-order valence-electron chi connectivity index (χ3n) is 2.64. The molecule has 0 aliphatic heterocycles. The molecule has 0 aliphatic rings. The molecule has 1 atom stereocenters. The van der Waals surface area contributed by atoms with Gasteiger partial charge in [-0.05, 0) is 13.3 Å². The summed E-state index contributed by atoms with van der Waals surface area (Å²) in [6.07, 6.45) is 5.74. The number of aryl methyl sites for hydroxylation is 2. The molecule has 0 saturated heterocycles. The van der Waals surface area contributed by atoms with Crippen LogP contribution in [0, 0.1) is 29.4 Å². The molecule has 1 rings (SSSR count). The van der Waals surface area contributed by atoms with Crippen molar-refractivity contribution in [2.24, 2.45) is 0 Å². The lowest BCUT2D eigenvalue weighted by atomic mass is 10.2. The Morgan fingerprint density at radius 3 is 2.80 bits per heavy atom. The smallest absolute Gasteiger partial charge is 0.333 e. The molecule has 1 aromatic rings. The number of hydrogen-bond acceptors (Lipinski definition) is 5. The van der Waals surface area contributed by atoms with Crippen LogP contribution in [0.1, 0.15) is 25.5 Å². The molecule has 0 amide bonds. The van der Waals surface area contributed by atoms with Crippen molar-refractivity contribution in [1.82, 2.24) is 9.78 Å². The van der Waals surface area contributed by atoms with Gasteiger partial charge in [0.2, 0.25) is 5.82 Å². The van der Waals surface area contributed by atoms with Crippen LogP contribution in [-0.4, -0.2) is 31.8 Å². The van der Waals surface area contributed by atoms with E-state index in [0.29, 0.717) is 13.0 Å². The van der Waals surface area contributed by atoms with Crippen LogP contribution < -0.4 is 5.32 Å². The van der Waals surface area contributed by atoms with Gasteiger partial charge in [-0.3, -0.25) is 10.1 Å². The van der Waals surface area contributed by atoms with Crippen molar-refractivity contribution in [3.8, 4) is 12.3 Å². The van der Waals surface area contributed by atoms with E-state index in [4.69, 9.17) is 11.5 Å². The van der Waals surface area contributed by atoms with E-state index in [-0.39, 0.29) is 23.6 Å². The number of carboxylic acid groups (broad SMARTS) is 1. The number of anilines is 1. The van der Waals surface area contributed by atoms with E-state index in [0.717, 1.165) is 0 Å². The fraction of sp³-hybridized carbons (Fsp3) is 0.500. The molecule has 0 spiro atoms. The number of carboxylic acids is 1.